The van der Waals surface area contributed by atoms with Crippen LogP contribution >= 0.6 is 11.6 Å². The number of rotatable bonds is 4. The van der Waals surface area contributed by atoms with Crippen molar-refractivity contribution >= 4 is 35.1 Å². The van der Waals surface area contributed by atoms with Crippen molar-refractivity contribution in [3.8, 4) is 6.07 Å². The van der Waals surface area contributed by atoms with Gasteiger partial charge in [-0.05, 0) is 50.5 Å². The highest BCUT2D eigenvalue weighted by Crippen LogP contribution is 2.38. The highest BCUT2D eigenvalue weighted by Gasteiger charge is 2.43. The third-order valence-corrected chi connectivity index (χ3v) is 6.42. The molecule has 2 amide bonds. The molecule has 0 spiro atoms. The van der Waals surface area contributed by atoms with Crippen molar-refractivity contribution in [1.29, 1.82) is 10.7 Å². The Morgan fingerprint density at radius 2 is 2.18 bits per heavy atom. The van der Waals surface area contributed by atoms with Gasteiger partial charge in [0.1, 0.15) is 6.07 Å². The van der Waals surface area contributed by atoms with Gasteiger partial charge in [0.2, 0.25) is 11.7 Å². The quantitative estimate of drug-likeness (QED) is 0.626. The zero-order valence-corrected chi connectivity index (χ0v) is 19.0. The Kier molecular flexibility index (Phi) is 6.15. The Hall–Kier alpha value is -3.35. The molecule has 0 radical (unpaired) electrons. The minimum Gasteiger partial charge on any atom is -0.440 e. The Morgan fingerprint density at radius 1 is 1.39 bits per heavy atom. The van der Waals surface area contributed by atoms with E-state index in [2.05, 4.69) is 10.6 Å². The number of benzene rings is 1. The fourth-order valence-electron chi connectivity index (χ4n) is 4.39. The molecule has 2 aliphatic rings. The number of anilines is 1. The summed E-state index contributed by atoms with van der Waals surface area (Å²) in [7, 11) is 0. The van der Waals surface area contributed by atoms with Crippen LogP contribution in [0.1, 0.15) is 55.0 Å². The summed E-state index contributed by atoms with van der Waals surface area (Å²) in [5.41, 5.74) is -0.0215. The topological polar surface area (TPSA) is 131 Å². The smallest absolute Gasteiger partial charge is 0.291 e. The van der Waals surface area contributed by atoms with Gasteiger partial charge in [0, 0.05) is 12.6 Å². The van der Waals surface area contributed by atoms with E-state index in [0.717, 1.165) is 0 Å². The van der Waals surface area contributed by atoms with E-state index in [9.17, 15) is 9.59 Å². The van der Waals surface area contributed by atoms with Crippen LogP contribution in [0.25, 0.3) is 0 Å². The third kappa shape index (κ3) is 4.45. The van der Waals surface area contributed by atoms with Crippen LogP contribution in [0, 0.1) is 16.7 Å². The van der Waals surface area contributed by atoms with Gasteiger partial charge in [0.25, 0.3) is 5.91 Å². The largest absolute Gasteiger partial charge is 0.440 e. The molecule has 2 fully saturated rings. The molecule has 1 aromatic carbocycles. The Balaban J connectivity index is 1.55. The van der Waals surface area contributed by atoms with Crippen LogP contribution in [-0.2, 0) is 15.1 Å². The predicted molar refractivity (Wildman–Crippen MR) is 121 cm³/mol. The molecule has 33 heavy (non-hydrogen) atoms. The zero-order chi connectivity index (χ0) is 23.8. The lowest BCUT2D eigenvalue weighted by Crippen LogP contribution is -2.63. The molecule has 2 saturated heterocycles. The molecular weight excluding hydrogens is 446 g/mol. The number of nitriles is 1. The number of carbonyl (C=O) groups excluding carboxylic acids is 2. The summed E-state index contributed by atoms with van der Waals surface area (Å²) < 4.78 is 10.7. The monoisotopic (exact) mass is 469 g/mol. The highest BCUT2D eigenvalue weighted by atomic mass is 35.5. The van der Waals surface area contributed by atoms with Gasteiger partial charge in [0.05, 0.1) is 28.8 Å². The van der Waals surface area contributed by atoms with Gasteiger partial charge in [-0.1, -0.05) is 23.7 Å². The number of nitrogens with one attached hydrogen (secondary N) is 3. The first-order valence-electron chi connectivity index (χ1n) is 10.6. The SMILES string of the molecule is C[C@@H]1C[C@H](N2C(=N)N[C@](C)(c3cccc(NC(=O)c4ccc(C#N)o4)c3Cl)CC2=O)CCO1. The van der Waals surface area contributed by atoms with Crippen LogP contribution in [0.2, 0.25) is 5.02 Å². The second-order valence-corrected chi connectivity index (χ2v) is 8.88. The summed E-state index contributed by atoms with van der Waals surface area (Å²) >= 11 is 6.65. The lowest BCUT2D eigenvalue weighted by atomic mass is 9.85. The summed E-state index contributed by atoms with van der Waals surface area (Å²) in [4.78, 5) is 27.2. The number of amides is 2. The number of carbonyl (C=O) groups is 2. The van der Waals surface area contributed by atoms with Gasteiger partial charge < -0.3 is 19.8 Å². The normalized spacial score (nSPS) is 25.3. The van der Waals surface area contributed by atoms with Crippen LogP contribution in [-0.4, -0.2) is 41.4 Å². The maximum atomic E-state index is 13.1. The first kappa shape index (κ1) is 22.8. The molecule has 9 nitrogen and oxygen atoms in total. The number of hydrogen-bond acceptors (Lipinski definition) is 6. The molecule has 2 aliphatic heterocycles. The highest BCUT2D eigenvalue weighted by molar-refractivity contribution is 6.35. The van der Waals surface area contributed by atoms with Crippen molar-refractivity contribution in [2.24, 2.45) is 0 Å². The number of hydrogen-bond donors (Lipinski definition) is 3. The predicted octanol–water partition coefficient (Wildman–Crippen LogP) is 3.60. The van der Waals surface area contributed by atoms with E-state index >= 15 is 0 Å². The van der Waals surface area contributed by atoms with Crippen LogP contribution in [0.15, 0.2) is 34.7 Å². The van der Waals surface area contributed by atoms with Crippen molar-refractivity contribution < 1.29 is 18.7 Å². The Morgan fingerprint density at radius 3 is 2.85 bits per heavy atom. The van der Waals surface area contributed by atoms with Gasteiger partial charge in [-0.15, -0.1) is 0 Å². The van der Waals surface area contributed by atoms with Crippen molar-refractivity contribution in [1.82, 2.24) is 10.2 Å². The molecule has 0 aliphatic carbocycles. The fourth-order valence-corrected chi connectivity index (χ4v) is 4.78. The van der Waals surface area contributed by atoms with Crippen molar-refractivity contribution in [3.63, 3.8) is 0 Å². The Labute approximate surface area is 196 Å². The Bertz CT molecular complexity index is 1140. The van der Waals surface area contributed by atoms with Gasteiger partial charge in [0.15, 0.2) is 11.7 Å². The zero-order valence-electron chi connectivity index (χ0n) is 18.3. The molecule has 10 heteroatoms. The molecular formula is C23H24ClN5O4. The number of ether oxygens (including phenoxy) is 1. The average Bonchev–Trinajstić information content (AvgIpc) is 3.24. The molecule has 172 valence electrons. The minimum atomic E-state index is -0.933. The number of guanidine groups is 1. The van der Waals surface area contributed by atoms with Crippen LogP contribution < -0.4 is 10.6 Å². The number of nitrogens with zero attached hydrogens (tertiary/aromatic N) is 2. The lowest BCUT2D eigenvalue weighted by Gasteiger charge is -2.45. The standard InChI is InChI=1S/C23H24ClN5O4/c1-13-10-14(8-9-32-13)29-19(30)11-23(2,28-22(29)26)16-4-3-5-17(20(16)24)27-21(31)18-7-6-15(12-25)33-18/h3-7,13-14H,8-11H2,1-2H3,(H2,26,28)(H,27,31)/t13-,14-,23+/m1/s1. The van der Waals surface area contributed by atoms with E-state index < -0.39 is 11.4 Å². The summed E-state index contributed by atoms with van der Waals surface area (Å²) in [6, 6.07) is 9.66. The lowest BCUT2D eigenvalue weighted by molar-refractivity contribution is -0.134. The van der Waals surface area contributed by atoms with Crippen molar-refractivity contribution in [2.75, 3.05) is 11.9 Å². The molecule has 0 bridgehead atoms. The number of furan rings is 1. The van der Waals surface area contributed by atoms with Gasteiger partial charge >= 0.3 is 0 Å². The second-order valence-electron chi connectivity index (χ2n) is 8.50. The molecule has 3 N–H and O–H groups in total. The van der Waals surface area contributed by atoms with Crippen LogP contribution in [0.3, 0.4) is 0 Å². The van der Waals surface area contributed by atoms with Crippen LogP contribution in [0.5, 0.6) is 0 Å². The summed E-state index contributed by atoms with van der Waals surface area (Å²) in [5, 5.41) is 23.5. The molecule has 0 unspecified atom stereocenters. The number of halogens is 1. The molecule has 3 atom stereocenters. The van der Waals surface area contributed by atoms with Gasteiger partial charge in [-0.2, -0.15) is 5.26 Å². The van der Waals surface area contributed by atoms with Gasteiger partial charge in [-0.3, -0.25) is 19.9 Å². The molecule has 2 aromatic rings. The van der Waals surface area contributed by atoms with E-state index in [1.807, 2.05) is 19.9 Å². The van der Waals surface area contributed by atoms with Crippen LogP contribution in [0.4, 0.5) is 5.69 Å². The third-order valence-electron chi connectivity index (χ3n) is 6.01. The maximum Gasteiger partial charge on any atom is 0.291 e. The average molecular weight is 470 g/mol. The molecule has 4 rings (SSSR count). The van der Waals surface area contributed by atoms with E-state index in [1.165, 1.54) is 17.0 Å². The minimum absolute atomic E-state index is 0.0201. The van der Waals surface area contributed by atoms with E-state index in [1.54, 1.807) is 18.2 Å². The van der Waals surface area contributed by atoms with Crippen molar-refractivity contribution in [3.05, 3.63) is 52.4 Å². The maximum absolute atomic E-state index is 13.1. The summed E-state index contributed by atoms with van der Waals surface area (Å²) in [6.07, 6.45) is 1.49. The van der Waals surface area contributed by atoms with E-state index in [-0.39, 0.29) is 47.0 Å². The second kappa shape index (κ2) is 8.89. The molecule has 1 aromatic heterocycles. The molecule has 3 heterocycles. The summed E-state index contributed by atoms with van der Waals surface area (Å²) in [6.45, 7) is 4.33. The fraction of sp³-hybridized carbons (Fsp3) is 0.391. The first-order valence-corrected chi connectivity index (χ1v) is 11.0. The van der Waals surface area contributed by atoms with Gasteiger partial charge in [-0.25, -0.2) is 0 Å². The molecule has 0 saturated carbocycles. The first-order chi connectivity index (χ1) is 15.7. The van der Waals surface area contributed by atoms with E-state index in [0.29, 0.717) is 30.7 Å². The van der Waals surface area contributed by atoms with E-state index in [4.69, 9.17) is 31.4 Å². The summed E-state index contributed by atoms with van der Waals surface area (Å²) in [5.74, 6) is -0.683. The van der Waals surface area contributed by atoms with Crippen molar-refractivity contribution in [2.45, 2.75) is 50.8 Å².